The van der Waals surface area contributed by atoms with Crippen LogP contribution >= 0.6 is 0 Å². The summed E-state index contributed by atoms with van der Waals surface area (Å²) in [5.74, 6) is -1.40. The van der Waals surface area contributed by atoms with Gasteiger partial charge in [-0.2, -0.15) is 0 Å². The number of benzene rings is 2. The van der Waals surface area contributed by atoms with Crippen molar-refractivity contribution in [1.29, 1.82) is 0 Å². The summed E-state index contributed by atoms with van der Waals surface area (Å²) in [6.07, 6.45) is 0.555. The fourth-order valence-corrected chi connectivity index (χ4v) is 4.70. The molecule has 3 rings (SSSR count). The Morgan fingerprint density at radius 1 is 1.11 bits per heavy atom. The minimum Gasteiger partial charge on any atom is -0.478 e. The number of aromatic carboxylic acids is 1. The molecule has 2 aromatic carbocycles. The Hall–Kier alpha value is -2.87. The van der Waals surface area contributed by atoms with E-state index in [9.17, 15) is 23.1 Å². The number of aryl methyl sites for hydroxylation is 2. The molecule has 0 saturated carbocycles. The SMILES string of the molecule is Cc1cc(C)c(C(=O)O)cc1NC(=O)c1cccc(N2CCCS2(=O)=O)c1. The number of nitrogens with one attached hydrogen (secondary N) is 1. The number of carbonyl (C=O) groups is 2. The van der Waals surface area contributed by atoms with Gasteiger partial charge in [-0.25, -0.2) is 13.2 Å². The molecule has 0 aliphatic carbocycles. The second-order valence-electron chi connectivity index (χ2n) is 6.53. The smallest absolute Gasteiger partial charge is 0.336 e. The molecule has 0 bridgehead atoms. The van der Waals surface area contributed by atoms with Crippen molar-refractivity contribution in [3.8, 4) is 0 Å². The zero-order chi connectivity index (χ0) is 19.8. The third-order valence-corrected chi connectivity index (χ3v) is 6.42. The minimum absolute atomic E-state index is 0.101. The summed E-state index contributed by atoms with van der Waals surface area (Å²) in [4.78, 5) is 24.0. The lowest BCUT2D eigenvalue weighted by Crippen LogP contribution is -2.25. The summed E-state index contributed by atoms with van der Waals surface area (Å²) in [7, 11) is -3.33. The first-order valence-corrected chi connectivity index (χ1v) is 10.1. The molecule has 2 aromatic rings. The lowest BCUT2D eigenvalue weighted by Gasteiger charge is -2.18. The summed E-state index contributed by atoms with van der Waals surface area (Å²) in [6, 6.07) is 9.52. The molecule has 142 valence electrons. The molecule has 1 fully saturated rings. The summed E-state index contributed by atoms with van der Waals surface area (Å²) < 4.78 is 25.5. The fourth-order valence-electron chi connectivity index (χ4n) is 3.14. The number of anilines is 2. The zero-order valence-corrected chi connectivity index (χ0v) is 15.8. The predicted molar refractivity (Wildman–Crippen MR) is 103 cm³/mol. The Labute approximate surface area is 157 Å². The number of nitrogens with zero attached hydrogens (tertiary/aromatic N) is 1. The molecule has 1 aliphatic rings. The van der Waals surface area contributed by atoms with Crippen LogP contribution in [0.3, 0.4) is 0 Å². The van der Waals surface area contributed by atoms with E-state index in [1.54, 1.807) is 38.1 Å². The van der Waals surface area contributed by atoms with Gasteiger partial charge >= 0.3 is 5.97 Å². The molecule has 0 unspecified atom stereocenters. The number of carbonyl (C=O) groups excluding carboxylic acids is 1. The van der Waals surface area contributed by atoms with Crippen molar-refractivity contribution in [1.82, 2.24) is 0 Å². The van der Waals surface area contributed by atoms with Gasteiger partial charge in [-0.15, -0.1) is 0 Å². The molecule has 8 heteroatoms. The molecule has 1 aliphatic heterocycles. The first-order chi connectivity index (χ1) is 12.7. The maximum Gasteiger partial charge on any atom is 0.336 e. The van der Waals surface area contributed by atoms with Crippen LogP contribution in [0.4, 0.5) is 11.4 Å². The molecular weight excluding hydrogens is 368 g/mol. The summed E-state index contributed by atoms with van der Waals surface area (Å²) in [5, 5.41) is 12.0. The molecule has 1 amide bonds. The summed E-state index contributed by atoms with van der Waals surface area (Å²) in [5.41, 5.74) is 2.62. The van der Waals surface area contributed by atoms with Crippen molar-refractivity contribution >= 4 is 33.3 Å². The number of amides is 1. The molecular formula is C19H20N2O5S. The summed E-state index contributed by atoms with van der Waals surface area (Å²) >= 11 is 0. The van der Waals surface area contributed by atoms with Crippen LogP contribution in [0.15, 0.2) is 36.4 Å². The van der Waals surface area contributed by atoms with Gasteiger partial charge in [0, 0.05) is 17.8 Å². The van der Waals surface area contributed by atoms with Crippen molar-refractivity contribution in [3.63, 3.8) is 0 Å². The van der Waals surface area contributed by atoms with Crippen molar-refractivity contribution in [2.75, 3.05) is 21.9 Å². The van der Waals surface area contributed by atoms with E-state index in [2.05, 4.69) is 5.32 Å². The number of rotatable bonds is 4. The van der Waals surface area contributed by atoms with Crippen LogP contribution in [-0.2, 0) is 10.0 Å². The topological polar surface area (TPSA) is 104 Å². The zero-order valence-electron chi connectivity index (χ0n) is 15.0. The number of carboxylic acid groups (broad SMARTS) is 1. The molecule has 27 heavy (non-hydrogen) atoms. The monoisotopic (exact) mass is 388 g/mol. The number of sulfonamides is 1. The largest absolute Gasteiger partial charge is 0.478 e. The maximum atomic E-state index is 12.6. The Bertz CT molecular complexity index is 1030. The Morgan fingerprint density at radius 2 is 1.85 bits per heavy atom. The van der Waals surface area contributed by atoms with Gasteiger partial charge in [0.2, 0.25) is 10.0 Å². The van der Waals surface area contributed by atoms with Crippen LogP contribution in [0.1, 0.15) is 38.3 Å². The third kappa shape index (κ3) is 3.80. The molecule has 1 heterocycles. The Morgan fingerprint density at radius 3 is 2.48 bits per heavy atom. The fraction of sp³-hybridized carbons (Fsp3) is 0.263. The first kappa shape index (κ1) is 18.9. The second kappa shape index (κ2) is 7.03. The highest BCUT2D eigenvalue weighted by molar-refractivity contribution is 7.93. The van der Waals surface area contributed by atoms with Gasteiger partial charge in [-0.1, -0.05) is 12.1 Å². The van der Waals surface area contributed by atoms with Gasteiger partial charge in [0.25, 0.3) is 5.91 Å². The third-order valence-electron chi connectivity index (χ3n) is 4.55. The highest BCUT2D eigenvalue weighted by Crippen LogP contribution is 2.26. The van der Waals surface area contributed by atoms with Crippen molar-refractivity contribution < 1.29 is 23.1 Å². The average Bonchev–Trinajstić information content (AvgIpc) is 2.96. The van der Waals surface area contributed by atoms with Gasteiger partial charge in [0.15, 0.2) is 0 Å². The van der Waals surface area contributed by atoms with E-state index < -0.39 is 21.9 Å². The maximum absolute atomic E-state index is 12.6. The summed E-state index contributed by atoms with van der Waals surface area (Å²) in [6.45, 7) is 3.87. The van der Waals surface area contributed by atoms with E-state index >= 15 is 0 Å². The van der Waals surface area contributed by atoms with Crippen molar-refractivity contribution in [3.05, 3.63) is 58.7 Å². The lowest BCUT2D eigenvalue weighted by molar-refractivity contribution is 0.0695. The van der Waals surface area contributed by atoms with Crippen molar-refractivity contribution in [2.45, 2.75) is 20.3 Å². The molecule has 0 spiro atoms. The number of carboxylic acids is 1. The Kier molecular flexibility index (Phi) is 4.93. The molecule has 0 aromatic heterocycles. The first-order valence-electron chi connectivity index (χ1n) is 8.45. The van der Waals surface area contributed by atoms with Crippen LogP contribution in [0, 0.1) is 13.8 Å². The standard InChI is InChI=1S/C19H20N2O5S/c1-12-9-13(2)17(11-16(12)19(23)24)20-18(22)14-5-3-6-15(10-14)21-7-4-8-27(21,25)26/h3,5-6,9-11H,4,7-8H2,1-2H3,(H,20,22)(H,23,24). The van der Waals surface area contributed by atoms with Crippen LogP contribution in [0.5, 0.6) is 0 Å². The van der Waals surface area contributed by atoms with Crippen LogP contribution < -0.4 is 9.62 Å². The van der Waals surface area contributed by atoms with E-state index in [1.165, 1.54) is 16.4 Å². The van der Waals surface area contributed by atoms with Gasteiger partial charge in [-0.05, 0) is 55.7 Å². The second-order valence-corrected chi connectivity index (χ2v) is 8.55. The van der Waals surface area contributed by atoms with E-state index in [1.807, 2.05) is 0 Å². The normalized spacial score (nSPS) is 15.6. The molecule has 2 N–H and O–H groups in total. The molecule has 0 atom stereocenters. The predicted octanol–water partition coefficient (Wildman–Crippen LogP) is 2.79. The van der Waals surface area contributed by atoms with Gasteiger partial charge < -0.3 is 10.4 Å². The van der Waals surface area contributed by atoms with E-state index in [-0.39, 0.29) is 11.3 Å². The number of hydrogen-bond donors (Lipinski definition) is 2. The average molecular weight is 388 g/mol. The van der Waals surface area contributed by atoms with E-state index in [0.717, 1.165) is 5.56 Å². The van der Waals surface area contributed by atoms with E-state index in [0.29, 0.717) is 35.5 Å². The Balaban J connectivity index is 1.89. The highest BCUT2D eigenvalue weighted by Gasteiger charge is 2.28. The molecule has 1 saturated heterocycles. The van der Waals surface area contributed by atoms with Crippen LogP contribution in [0.25, 0.3) is 0 Å². The van der Waals surface area contributed by atoms with E-state index in [4.69, 9.17) is 0 Å². The lowest BCUT2D eigenvalue weighted by atomic mass is 10.0. The van der Waals surface area contributed by atoms with Crippen molar-refractivity contribution in [2.24, 2.45) is 0 Å². The van der Waals surface area contributed by atoms with Crippen LogP contribution in [-0.4, -0.2) is 37.7 Å². The number of hydrogen-bond acceptors (Lipinski definition) is 4. The minimum atomic E-state index is -3.33. The quantitative estimate of drug-likeness (QED) is 0.838. The van der Waals surface area contributed by atoms with Crippen LogP contribution in [0.2, 0.25) is 0 Å². The molecule has 0 radical (unpaired) electrons. The van der Waals surface area contributed by atoms with Gasteiger partial charge in [0.05, 0.1) is 17.0 Å². The highest BCUT2D eigenvalue weighted by atomic mass is 32.2. The van der Waals surface area contributed by atoms with Gasteiger partial charge in [0.1, 0.15) is 0 Å². The van der Waals surface area contributed by atoms with Gasteiger partial charge in [-0.3, -0.25) is 9.10 Å². The molecule has 7 nitrogen and oxygen atoms in total.